The van der Waals surface area contributed by atoms with Crippen LogP contribution in [0.3, 0.4) is 0 Å². The summed E-state index contributed by atoms with van der Waals surface area (Å²) < 4.78 is 4.87. The van der Waals surface area contributed by atoms with Crippen LogP contribution in [0.15, 0.2) is 12.2 Å². The van der Waals surface area contributed by atoms with Crippen LogP contribution in [-0.4, -0.2) is 12.6 Å². The van der Waals surface area contributed by atoms with E-state index < -0.39 is 0 Å². The monoisotopic (exact) mass is 226 g/mol. The average molecular weight is 226 g/mol. The molecule has 0 aromatic rings. The Morgan fingerprint density at radius 2 is 1.81 bits per heavy atom. The van der Waals surface area contributed by atoms with Gasteiger partial charge in [0.05, 0.1) is 6.61 Å². The Kier molecular flexibility index (Phi) is 8.97. The number of hydrogen-bond donors (Lipinski definition) is 0. The summed E-state index contributed by atoms with van der Waals surface area (Å²) in [5.74, 6) is 0.569. The fourth-order valence-electron chi connectivity index (χ4n) is 1.58. The van der Waals surface area contributed by atoms with E-state index in [0.29, 0.717) is 12.2 Å². The summed E-state index contributed by atoms with van der Waals surface area (Å²) >= 11 is 0. The highest BCUT2D eigenvalue weighted by Gasteiger charge is 2.06. The normalized spacial score (nSPS) is 10.5. The van der Waals surface area contributed by atoms with E-state index in [1.165, 1.54) is 25.7 Å². The lowest BCUT2D eigenvalue weighted by Crippen LogP contribution is -2.06. The van der Waals surface area contributed by atoms with Gasteiger partial charge in [-0.3, -0.25) is 0 Å². The topological polar surface area (TPSA) is 26.3 Å². The average Bonchev–Trinajstić information content (AvgIpc) is 2.22. The van der Waals surface area contributed by atoms with E-state index in [9.17, 15) is 4.79 Å². The van der Waals surface area contributed by atoms with Gasteiger partial charge in [0, 0.05) is 5.57 Å². The molecule has 0 saturated carbocycles. The van der Waals surface area contributed by atoms with E-state index in [4.69, 9.17) is 4.74 Å². The lowest BCUT2D eigenvalue weighted by Gasteiger charge is -2.06. The van der Waals surface area contributed by atoms with Gasteiger partial charge in [0.2, 0.25) is 0 Å². The Bertz CT molecular complexity index is 207. The van der Waals surface area contributed by atoms with Crippen LogP contribution in [0.4, 0.5) is 0 Å². The molecule has 0 fully saturated rings. The maximum atomic E-state index is 11.2. The molecule has 0 radical (unpaired) electrons. The van der Waals surface area contributed by atoms with E-state index in [1.54, 1.807) is 0 Å². The van der Waals surface area contributed by atoms with Crippen LogP contribution in [0.1, 0.15) is 59.3 Å². The number of ether oxygens (including phenoxy) is 1. The van der Waals surface area contributed by atoms with Crippen molar-refractivity contribution >= 4 is 5.97 Å². The summed E-state index contributed by atoms with van der Waals surface area (Å²) in [5, 5.41) is 0. The van der Waals surface area contributed by atoms with Crippen molar-refractivity contribution in [3.8, 4) is 0 Å². The molecule has 0 aliphatic heterocycles. The summed E-state index contributed by atoms with van der Waals surface area (Å²) in [5.41, 5.74) is 0.616. The number of unbranched alkanes of at least 4 members (excludes halogenated alkanes) is 3. The van der Waals surface area contributed by atoms with Gasteiger partial charge in [-0.1, -0.05) is 46.1 Å². The van der Waals surface area contributed by atoms with Gasteiger partial charge < -0.3 is 4.74 Å². The van der Waals surface area contributed by atoms with Crippen molar-refractivity contribution in [3.63, 3.8) is 0 Å². The predicted molar refractivity (Wildman–Crippen MR) is 68.3 cm³/mol. The lowest BCUT2D eigenvalue weighted by atomic mass is 10.0. The molecule has 0 saturated heterocycles. The minimum absolute atomic E-state index is 0.232. The van der Waals surface area contributed by atoms with Crippen LogP contribution in [0.5, 0.6) is 0 Å². The third-order valence-corrected chi connectivity index (χ3v) is 2.57. The Balaban J connectivity index is 3.38. The SMILES string of the molecule is C=C(CCCCCCC(C)C)C(=O)OCC. The molecule has 0 N–H and O–H groups in total. The third kappa shape index (κ3) is 8.51. The molecule has 16 heavy (non-hydrogen) atoms. The molecule has 0 aromatic carbocycles. The Labute approximate surface area is 100 Å². The Morgan fingerprint density at radius 3 is 2.38 bits per heavy atom. The van der Waals surface area contributed by atoms with Gasteiger partial charge in [-0.15, -0.1) is 0 Å². The molecule has 0 amide bonds. The first-order chi connectivity index (χ1) is 7.57. The van der Waals surface area contributed by atoms with Gasteiger partial charge in [-0.05, 0) is 25.7 Å². The first-order valence-electron chi connectivity index (χ1n) is 6.42. The highest BCUT2D eigenvalue weighted by atomic mass is 16.5. The van der Waals surface area contributed by atoms with Crippen LogP contribution >= 0.6 is 0 Å². The van der Waals surface area contributed by atoms with Gasteiger partial charge in [0.25, 0.3) is 0 Å². The summed E-state index contributed by atoms with van der Waals surface area (Å²) in [6.45, 7) is 10.5. The number of hydrogen-bond acceptors (Lipinski definition) is 2. The zero-order chi connectivity index (χ0) is 12.4. The molecule has 0 atom stereocenters. The first-order valence-corrected chi connectivity index (χ1v) is 6.42. The second-order valence-electron chi connectivity index (χ2n) is 4.67. The van der Waals surface area contributed by atoms with Crippen molar-refractivity contribution in [3.05, 3.63) is 12.2 Å². The molecule has 2 heteroatoms. The Morgan fingerprint density at radius 1 is 1.19 bits per heavy atom. The van der Waals surface area contributed by atoms with Crippen molar-refractivity contribution in [2.24, 2.45) is 5.92 Å². The fourth-order valence-corrected chi connectivity index (χ4v) is 1.58. The second kappa shape index (κ2) is 9.44. The summed E-state index contributed by atoms with van der Waals surface area (Å²) in [7, 11) is 0. The van der Waals surface area contributed by atoms with Crippen LogP contribution in [0.25, 0.3) is 0 Å². The van der Waals surface area contributed by atoms with E-state index in [-0.39, 0.29) is 5.97 Å². The zero-order valence-electron chi connectivity index (χ0n) is 11.1. The maximum absolute atomic E-state index is 11.2. The molecule has 0 bridgehead atoms. The second-order valence-corrected chi connectivity index (χ2v) is 4.67. The van der Waals surface area contributed by atoms with Crippen molar-refractivity contribution < 1.29 is 9.53 Å². The maximum Gasteiger partial charge on any atom is 0.333 e. The molecule has 0 spiro atoms. The molecular formula is C14H26O2. The summed E-state index contributed by atoms with van der Waals surface area (Å²) in [6, 6.07) is 0. The van der Waals surface area contributed by atoms with Crippen LogP contribution < -0.4 is 0 Å². The molecule has 0 rings (SSSR count). The number of carbonyl (C=O) groups is 1. The molecular weight excluding hydrogens is 200 g/mol. The molecule has 0 heterocycles. The quantitative estimate of drug-likeness (QED) is 0.336. The predicted octanol–water partition coefficient (Wildman–Crippen LogP) is 4.10. The Hall–Kier alpha value is -0.790. The molecule has 2 nitrogen and oxygen atoms in total. The lowest BCUT2D eigenvalue weighted by molar-refractivity contribution is -0.138. The van der Waals surface area contributed by atoms with Crippen LogP contribution in [0.2, 0.25) is 0 Å². The van der Waals surface area contributed by atoms with Crippen LogP contribution in [-0.2, 0) is 9.53 Å². The molecule has 94 valence electrons. The minimum Gasteiger partial charge on any atom is -0.463 e. The number of rotatable bonds is 9. The summed E-state index contributed by atoms with van der Waals surface area (Å²) in [4.78, 5) is 11.2. The van der Waals surface area contributed by atoms with E-state index >= 15 is 0 Å². The largest absolute Gasteiger partial charge is 0.463 e. The molecule has 0 aromatic heterocycles. The first kappa shape index (κ1) is 15.2. The smallest absolute Gasteiger partial charge is 0.333 e. The van der Waals surface area contributed by atoms with Gasteiger partial charge in [0.1, 0.15) is 0 Å². The van der Waals surface area contributed by atoms with E-state index in [0.717, 1.165) is 18.8 Å². The standard InChI is InChI=1S/C14H26O2/c1-5-16-14(15)13(4)11-9-7-6-8-10-12(2)3/h12H,4-11H2,1-3H3. The number of esters is 1. The minimum atomic E-state index is -0.232. The van der Waals surface area contributed by atoms with Crippen molar-refractivity contribution in [2.45, 2.75) is 59.3 Å². The molecule has 0 aliphatic rings. The molecule has 0 aliphatic carbocycles. The summed E-state index contributed by atoms with van der Waals surface area (Å²) in [6.07, 6.45) is 6.87. The highest BCUT2D eigenvalue weighted by molar-refractivity contribution is 5.87. The zero-order valence-corrected chi connectivity index (χ0v) is 11.1. The van der Waals surface area contributed by atoms with Gasteiger partial charge in [-0.25, -0.2) is 4.79 Å². The fraction of sp³-hybridized carbons (Fsp3) is 0.786. The molecule has 0 unspecified atom stereocenters. The van der Waals surface area contributed by atoms with Crippen molar-refractivity contribution in [1.29, 1.82) is 0 Å². The van der Waals surface area contributed by atoms with Gasteiger partial charge >= 0.3 is 5.97 Å². The van der Waals surface area contributed by atoms with Crippen molar-refractivity contribution in [2.75, 3.05) is 6.61 Å². The number of carbonyl (C=O) groups excluding carboxylic acids is 1. The van der Waals surface area contributed by atoms with E-state index in [2.05, 4.69) is 20.4 Å². The van der Waals surface area contributed by atoms with E-state index in [1.807, 2.05) is 6.92 Å². The van der Waals surface area contributed by atoms with Crippen molar-refractivity contribution in [1.82, 2.24) is 0 Å². The van der Waals surface area contributed by atoms with Crippen LogP contribution in [0, 0.1) is 5.92 Å². The van der Waals surface area contributed by atoms with Gasteiger partial charge in [0.15, 0.2) is 0 Å². The van der Waals surface area contributed by atoms with Gasteiger partial charge in [-0.2, -0.15) is 0 Å². The highest BCUT2D eigenvalue weighted by Crippen LogP contribution is 2.13. The third-order valence-electron chi connectivity index (χ3n) is 2.57.